The van der Waals surface area contributed by atoms with Gasteiger partial charge in [0.05, 0.1) is 6.04 Å². The first kappa shape index (κ1) is 11.5. The zero-order valence-corrected chi connectivity index (χ0v) is 8.40. The van der Waals surface area contributed by atoms with Gasteiger partial charge in [-0.15, -0.1) is 6.42 Å². The SMILES string of the molecule is C#CC(CC)NCCCCCC. The molecule has 0 saturated heterocycles. The molecule has 0 radical (unpaired) electrons. The summed E-state index contributed by atoms with van der Waals surface area (Å²) in [7, 11) is 0. The van der Waals surface area contributed by atoms with Crippen LogP contribution in [0.4, 0.5) is 0 Å². The van der Waals surface area contributed by atoms with E-state index in [9.17, 15) is 0 Å². The smallest absolute Gasteiger partial charge is 0.0684 e. The van der Waals surface area contributed by atoms with Crippen LogP contribution in [0, 0.1) is 12.3 Å². The first-order valence-corrected chi connectivity index (χ1v) is 5.04. The van der Waals surface area contributed by atoms with Crippen molar-refractivity contribution in [2.75, 3.05) is 6.54 Å². The van der Waals surface area contributed by atoms with Gasteiger partial charge in [-0.2, -0.15) is 0 Å². The van der Waals surface area contributed by atoms with Crippen molar-refractivity contribution in [1.82, 2.24) is 5.32 Å². The van der Waals surface area contributed by atoms with Crippen LogP contribution in [-0.4, -0.2) is 12.6 Å². The van der Waals surface area contributed by atoms with Crippen molar-refractivity contribution in [2.45, 2.75) is 52.0 Å². The molecule has 0 amide bonds. The Hall–Kier alpha value is -0.480. The number of unbranched alkanes of at least 4 members (excludes halogenated alkanes) is 3. The van der Waals surface area contributed by atoms with Crippen LogP contribution in [0.2, 0.25) is 0 Å². The third kappa shape index (κ3) is 6.24. The Morgan fingerprint density at radius 1 is 1.25 bits per heavy atom. The maximum atomic E-state index is 5.31. The highest BCUT2D eigenvalue weighted by molar-refractivity contribution is 4.97. The number of rotatable bonds is 7. The van der Waals surface area contributed by atoms with E-state index in [0.717, 1.165) is 13.0 Å². The van der Waals surface area contributed by atoms with E-state index < -0.39 is 0 Å². The van der Waals surface area contributed by atoms with Crippen LogP contribution < -0.4 is 5.32 Å². The second kappa shape index (κ2) is 8.62. The van der Waals surface area contributed by atoms with Crippen molar-refractivity contribution in [3.05, 3.63) is 0 Å². The molecule has 1 N–H and O–H groups in total. The van der Waals surface area contributed by atoms with Gasteiger partial charge >= 0.3 is 0 Å². The van der Waals surface area contributed by atoms with Crippen molar-refractivity contribution in [3.8, 4) is 12.3 Å². The third-order valence-corrected chi connectivity index (χ3v) is 2.03. The Morgan fingerprint density at radius 3 is 2.50 bits per heavy atom. The predicted octanol–water partition coefficient (Wildman–Crippen LogP) is 2.57. The van der Waals surface area contributed by atoms with E-state index in [0.29, 0.717) is 0 Å². The van der Waals surface area contributed by atoms with Crippen molar-refractivity contribution in [3.63, 3.8) is 0 Å². The Morgan fingerprint density at radius 2 is 2.00 bits per heavy atom. The van der Waals surface area contributed by atoms with E-state index in [2.05, 4.69) is 25.1 Å². The monoisotopic (exact) mass is 167 g/mol. The summed E-state index contributed by atoms with van der Waals surface area (Å²) >= 11 is 0. The average Bonchev–Trinajstić information content (AvgIpc) is 2.11. The van der Waals surface area contributed by atoms with Crippen molar-refractivity contribution in [1.29, 1.82) is 0 Å². The molecule has 70 valence electrons. The number of nitrogens with one attached hydrogen (secondary N) is 1. The second-order valence-corrected chi connectivity index (χ2v) is 3.14. The van der Waals surface area contributed by atoms with Gasteiger partial charge < -0.3 is 5.32 Å². The molecule has 0 aromatic rings. The summed E-state index contributed by atoms with van der Waals surface area (Å²) in [4.78, 5) is 0. The van der Waals surface area contributed by atoms with E-state index in [1.165, 1.54) is 25.7 Å². The molecular weight excluding hydrogens is 146 g/mol. The van der Waals surface area contributed by atoms with Gasteiger partial charge in [-0.05, 0) is 19.4 Å². The molecule has 0 rings (SSSR count). The van der Waals surface area contributed by atoms with Crippen molar-refractivity contribution < 1.29 is 0 Å². The van der Waals surface area contributed by atoms with Crippen LogP contribution in [-0.2, 0) is 0 Å². The van der Waals surface area contributed by atoms with Gasteiger partial charge in [0.2, 0.25) is 0 Å². The lowest BCUT2D eigenvalue weighted by atomic mass is 10.2. The van der Waals surface area contributed by atoms with Crippen LogP contribution in [0.15, 0.2) is 0 Å². The number of terminal acetylenes is 1. The zero-order valence-electron chi connectivity index (χ0n) is 8.40. The summed E-state index contributed by atoms with van der Waals surface area (Å²) in [5.41, 5.74) is 0. The molecular formula is C11H21N. The first-order valence-electron chi connectivity index (χ1n) is 5.04. The molecule has 0 fully saturated rings. The lowest BCUT2D eigenvalue weighted by molar-refractivity contribution is 0.550. The van der Waals surface area contributed by atoms with Gasteiger partial charge in [0, 0.05) is 0 Å². The van der Waals surface area contributed by atoms with Crippen LogP contribution in [0.1, 0.15) is 46.0 Å². The number of hydrogen-bond donors (Lipinski definition) is 1. The minimum atomic E-state index is 0.284. The van der Waals surface area contributed by atoms with E-state index >= 15 is 0 Å². The van der Waals surface area contributed by atoms with Gasteiger partial charge in [0.25, 0.3) is 0 Å². The fourth-order valence-electron chi connectivity index (χ4n) is 1.15. The molecule has 1 atom stereocenters. The third-order valence-electron chi connectivity index (χ3n) is 2.03. The minimum Gasteiger partial charge on any atom is -0.304 e. The van der Waals surface area contributed by atoms with E-state index in [4.69, 9.17) is 6.42 Å². The highest BCUT2D eigenvalue weighted by atomic mass is 14.9. The van der Waals surface area contributed by atoms with Crippen LogP contribution in [0.3, 0.4) is 0 Å². The summed E-state index contributed by atoms with van der Waals surface area (Å²) < 4.78 is 0. The summed E-state index contributed by atoms with van der Waals surface area (Å²) in [6, 6.07) is 0.284. The largest absolute Gasteiger partial charge is 0.304 e. The molecule has 0 saturated carbocycles. The zero-order chi connectivity index (χ0) is 9.23. The molecule has 1 nitrogen and oxygen atoms in total. The molecule has 0 aromatic carbocycles. The molecule has 0 bridgehead atoms. The van der Waals surface area contributed by atoms with E-state index in [1.54, 1.807) is 0 Å². The molecule has 0 aliphatic heterocycles. The molecule has 0 spiro atoms. The predicted molar refractivity (Wildman–Crippen MR) is 55.1 cm³/mol. The van der Waals surface area contributed by atoms with Gasteiger partial charge in [0.15, 0.2) is 0 Å². The minimum absolute atomic E-state index is 0.284. The topological polar surface area (TPSA) is 12.0 Å². The normalized spacial score (nSPS) is 12.4. The lowest BCUT2D eigenvalue weighted by Gasteiger charge is -2.09. The van der Waals surface area contributed by atoms with Crippen molar-refractivity contribution >= 4 is 0 Å². The second-order valence-electron chi connectivity index (χ2n) is 3.14. The summed E-state index contributed by atoms with van der Waals surface area (Å²) in [5, 5.41) is 3.34. The standard InChI is InChI=1S/C11H21N/c1-4-7-8-9-10-12-11(5-2)6-3/h2,11-12H,4,6-10H2,1,3H3. The Kier molecular flexibility index (Phi) is 8.27. The maximum Gasteiger partial charge on any atom is 0.0684 e. The molecule has 0 heterocycles. The fourth-order valence-corrected chi connectivity index (χ4v) is 1.15. The van der Waals surface area contributed by atoms with Gasteiger partial charge in [-0.3, -0.25) is 0 Å². The van der Waals surface area contributed by atoms with Crippen LogP contribution in [0.5, 0.6) is 0 Å². The van der Waals surface area contributed by atoms with Crippen LogP contribution >= 0.6 is 0 Å². The first-order chi connectivity index (χ1) is 5.85. The molecule has 1 heteroatoms. The lowest BCUT2D eigenvalue weighted by Crippen LogP contribution is -2.27. The highest BCUT2D eigenvalue weighted by Gasteiger charge is 1.97. The molecule has 12 heavy (non-hydrogen) atoms. The van der Waals surface area contributed by atoms with Crippen LogP contribution in [0.25, 0.3) is 0 Å². The van der Waals surface area contributed by atoms with Gasteiger partial charge in [-0.25, -0.2) is 0 Å². The average molecular weight is 167 g/mol. The maximum absolute atomic E-state index is 5.31. The molecule has 0 aromatic heterocycles. The Labute approximate surface area is 76.9 Å². The van der Waals surface area contributed by atoms with E-state index in [-0.39, 0.29) is 6.04 Å². The summed E-state index contributed by atoms with van der Waals surface area (Å²) in [5.74, 6) is 2.73. The fraction of sp³-hybridized carbons (Fsp3) is 0.818. The van der Waals surface area contributed by atoms with Crippen molar-refractivity contribution in [2.24, 2.45) is 0 Å². The van der Waals surface area contributed by atoms with E-state index in [1.807, 2.05) is 0 Å². The summed E-state index contributed by atoms with van der Waals surface area (Å²) in [6.45, 7) is 5.41. The Balaban J connectivity index is 3.13. The quantitative estimate of drug-likeness (QED) is 0.454. The molecule has 0 aliphatic carbocycles. The molecule has 1 unspecified atom stereocenters. The van der Waals surface area contributed by atoms with Gasteiger partial charge in [0.1, 0.15) is 0 Å². The highest BCUT2D eigenvalue weighted by Crippen LogP contribution is 1.98. The summed E-state index contributed by atoms with van der Waals surface area (Å²) in [6.07, 6.45) is 11.6. The molecule has 0 aliphatic rings. The Bertz CT molecular complexity index is 123. The van der Waals surface area contributed by atoms with Gasteiger partial charge in [-0.1, -0.05) is 39.0 Å². The number of hydrogen-bond acceptors (Lipinski definition) is 1.